The van der Waals surface area contributed by atoms with E-state index in [2.05, 4.69) is 4.74 Å². The average Bonchev–Trinajstić information content (AvgIpc) is 2.16. The van der Waals surface area contributed by atoms with Crippen molar-refractivity contribution in [2.45, 2.75) is 13.0 Å². The molecule has 0 saturated carbocycles. The number of hydrogen-bond donors (Lipinski definition) is 1. The van der Waals surface area contributed by atoms with Crippen LogP contribution in [0.3, 0.4) is 0 Å². The van der Waals surface area contributed by atoms with E-state index in [9.17, 15) is 18.0 Å². The van der Waals surface area contributed by atoms with Crippen LogP contribution >= 0.6 is 0 Å². The molecule has 0 saturated heterocycles. The summed E-state index contributed by atoms with van der Waals surface area (Å²) in [5, 5.41) is 8.77. The van der Waals surface area contributed by atoms with Gasteiger partial charge in [0, 0.05) is 11.1 Å². The first-order chi connectivity index (χ1) is 6.96. The lowest BCUT2D eigenvalue weighted by molar-refractivity contribution is -0.275. The fraction of sp³-hybridized carbons (Fsp3) is 0.222. The lowest BCUT2D eigenvalue weighted by atomic mass is 10.1. The zero-order valence-electron chi connectivity index (χ0n) is 7.41. The molecule has 0 radical (unpaired) electrons. The van der Waals surface area contributed by atoms with Gasteiger partial charge in [-0.05, 0) is 18.2 Å². The second-order valence-electron chi connectivity index (χ2n) is 2.69. The molecular formula is C9H7F3O3. The summed E-state index contributed by atoms with van der Waals surface area (Å²) in [6, 6.07) is 3.30. The zero-order valence-corrected chi connectivity index (χ0v) is 7.41. The molecule has 0 aliphatic carbocycles. The van der Waals surface area contributed by atoms with Gasteiger partial charge in [-0.15, -0.1) is 13.2 Å². The van der Waals surface area contributed by atoms with E-state index in [1.54, 1.807) is 0 Å². The van der Waals surface area contributed by atoms with E-state index in [1.807, 2.05) is 0 Å². The molecule has 1 rings (SSSR count). The van der Waals surface area contributed by atoms with E-state index in [1.165, 1.54) is 6.07 Å². The maximum absolute atomic E-state index is 11.9. The van der Waals surface area contributed by atoms with Gasteiger partial charge in [-0.25, -0.2) is 0 Å². The summed E-state index contributed by atoms with van der Waals surface area (Å²) in [5.41, 5.74) is 0.0884. The van der Waals surface area contributed by atoms with Crippen molar-refractivity contribution in [3.63, 3.8) is 0 Å². The van der Waals surface area contributed by atoms with Crippen LogP contribution in [0, 0.1) is 0 Å². The molecule has 0 bridgehead atoms. The average molecular weight is 220 g/mol. The van der Waals surface area contributed by atoms with Crippen LogP contribution in [0.25, 0.3) is 0 Å². The summed E-state index contributed by atoms with van der Waals surface area (Å²) < 4.78 is 39.2. The summed E-state index contributed by atoms with van der Waals surface area (Å²) in [5.74, 6) is -0.504. The standard InChI is InChI=1S/C9H7F3O3/c10-9(11,12)15-8-2-1-6(4-13)3-7(8)5-14/h1-4,14H,5H2. The number of carbonyl (C=O) groups is 1. The molecule has 6 heteroatoms. The Labute approximate surface area is 83.1 Å². The van der Waals surface area contributed by atoms with E-state index >= 15 is 0 Å². The Hall–Kier alpha value is -1.56. The van der Waals surface area contributed by atoms with Crippen LogP contribution in [0.4, 0.5) is 13.2 Å². The molecule has 15 heavy (non-hydrogen) atoms. The minimum Gasteiger partial charge on any atom is -0.405 e. The van der Waals surface area contributed by atoms with Gasteiger partial charge in [0.2, 0.25) is 0 Å². The number of rotatable bonds is 3. The number of aldehydes is 1. The molecule has 1 aromatic rings. The fourth-order valence-electron chi connectivity index (χ4n) is 1.02. The van der Waals surface area contributed by atoms with Crippen LogP contribution < -0.4 is 4.74 Å². The first-order valence-electron chi connectivity index (χ1n) is 3.91. The van der Waals surface area contributed by atoms with Crippen molar-refractivity contribution in [2.24, 2.45) is 0 Å². The maximum Gasteiger partial charge on any atom is 0.573 e. The topological polar surface area (TPSA) is 46.5 Å². The number of alkyl halides is 3. The smallest absolute Gasteiger partial charge is 0.405 e. The monoisotopic (exact) mass is 220 g/mol. The summed E-state index contributed by atoms with van der Waals surface area (Å²) in [7, 11) is 0. The summed E-state index contributed by atoms with van der Waals surface area (Å²) in [6.45, 7) is -0.632. The van der Waals surface area contributed by atoms with Crippen LogP contribution in [0.2, 0.25) is 0 Å². The Morgan fingerprint density at radius 1 is 1.40 bits per heavy atom. The predicted octanol–water partition coefficient (Wildman–Crippen LogP) is 1.89. The molecule has 1 aromatic carbocycles. The molecule has 0 amide bonds. The first kappa shape index (κ1) is 11.5. The second-order valence-corrected chi connectivity index (χ2v) is 2.69. The predicted molar refractivity (Wildman–Crippen MR) is 44.4 cm³/mol. The molecule has 0 fully saturated rings. The lowest BCUT2D eigenvalue weighted by Crippen LogP contribution is -2.18. The van der Waals surface area contributed by atoms with Crippen molar-refractivity contribution in [1.29, 1.82) is 0 Å². The summed E-state index contributed by atoms with van der Waals surface area (Å²) in [6.07, 6.45) is -4.34. The SMILES string of the molecule is O=Cc1ccc(OC(F)(F)F)c(CO)c1. The van der Waals surface area contributed by atoms with Gasteiger partial charge in [0.1, 0.15) is 12.0 Å². The third-order valence-corrected chi connectivity index (χ3v) is 1.62. The highest BCUT2D eigenvalue weighted by Gasteiger charge is 2.31. The van der Waals surface area contributed by atoms with Crippen LogP contribution in [0.1, 0.15) is 15.9 Å². The van der Waals surface area contributed by atoms with E-state index in [0.717, 1.165) is 12.1 Å². The van der Waals surface area contributed by atoms with Crippen molar-refractivity contribution in [1.82, 2.24) is 0 Å². The minimum absolute atomic E-state index is 0.0862. The molecule has 0 atom stereocenters. The highest BCUT2D eigenvalue weighted by Crippen LogP contribution is 2.26. The lowest BCUT2D eigenvalue weighted by Gasteiger charge is -2.12. The Morgan fingerprint density at radius 3 is 2.53 bits per heavy atom. The van der Waals surface area contributed by atoms with Crippen molar-refractivity contribution < 1.29 is 27.8 Å². The normalized spacial score (nSPS) is 11.2. The van der Waals surface area contributed by atoms with Crippen LogP contribution in [-0.4, -0.2) is 17.8 Å². The van der Waals surface area contributed by atoms with E-state index in [0.29, 0.717) is 6.29 Å². The third kappa shape index (κ3) is 3.25. The number of ether oxygens (including phenoxy) is 1. The zero-order chi connectivity index (χ0) is 11.5. The number of aliphatic hydroxyl groups excluding tert-OH is 1. The maximum atomic E-state index is 11.9. The van der Waals surface area contributed by atoms with Crippen molar-refractivity contribution in [3.8, 4) is 5.75 Å². The Bertz CT molecular complexity index is 360. The highest BCUT2D eigenvalue weighted by molar-refractivity contribution is 5.75. The van der Waals surface area contributed by atoms with Gasteiger partial charge in [0.15, 0.2) is 0 Å². The third-order valence-electron chi connectivity index (χ3n) is 1.62. The largest absolute Gasteiger partial charge is 0.573 e. The molecule has 0 aliphatic heterocycles. The van der Waals surface area contributed by atoms with Gasteiger partial charge in [-0.3, -0.25) is 4.79 Å². The van der Waals surface area contributed by atoms with Crippen LogP contribution in [-0.2, 0) is 6.61 Å². The quantitative estimate of drug-likeness (QED) is 0.791. The molecule has 0 unspecified atom stereocenters. The highest BCUT2D eigenvalue weighted by atomic mass is 19.4. The summed E-state index contributed by atoms with van der Waals surface area (Å²) in [4.78, 5) is 10.3. The molecule has 0 heterocycles. The second kappa shape index (κ2) is 4.31. The van der Waals surface area contributed by atoms with Crippen LogP contribution in [0.5, 0.6) is 5.75 Å². The van der Waals surface area contributed by atoms with Gasteiger partial charge < -0.3 is 9.84 Å². The molecule has 0 spiro atoms. The van der Waals surface area contributed by atoms with E-state index < -0.39 is 18.7 Å². The van der Waals surface area contributed by atoms with Crippen molar-refractivity contribution in [2.75, 3.05) is 0 Å². The van der Waals surface area contributed by atoms with Crippen molar-refractivity contribution in [3.05, 3.63) is 29.3 Å². The van der Waals surface area contributed by atoms with Gasteiger partial charge in [0.25, 0.3) is 0 Å². The number of benzene rings is 1. The molecule has 3 nitrogen and oxygen atoms in total. The Balaban J connectivity index is 3.02. The van der Waals surface area contributed by atoms with Gasteiger partial charge in [0.05, 0.1) is 6.61 Å². The molecule has 82 valence electrons. The Morgan fingerprint density at radius 2 is 2.07 bits per heavy atom. The fourth-order valence-corrected chi connectivity index (χ4v) is 1.02. The first-order valence-corrected chi connectivity index (χ1v) is 3.91. The molecule has 1 N–H and O–H groups in total. The number of carbonyl (C=O) groups excluding carboxylic acids is 1. The number of halogens is 3. The number of aliphatic hydroxyl groups is 1. The van der Waals surface area contributed by atoms with Gasteiger partial charge >= 0.3 is 6.36 Å². The van der Waals surface area contributed by atoms with E-state index in [4.69, 9.17) is 5.11 Å². The van der Waals surface area contributed by atoms with Crippen LogP contribution in [0.15, 0.2) is 18.2 Å². The minimum atomic E-state index is -4.81. The van der Waals surface area contributed by atoms with E-state index in [-0.39, 0.29) is 11.1 Å². The summed E-state index contributed by atoms with van der Waals surface area (Å²) >= 11 is 0. The van der Waals surface area contributed by atoms with Gasteiger partial charge in [-0.1, -0.05) is 0 Å². The molecule has 0 aromatic heterocycles. The Kier molecular flexibility index (Phi) is 3.31. The van der Waals surface area contributed by atoms with Crippen molar-refractivity contribution >= 4 is 6.29 Å². The number of hydrogen-bond acceptors (Lipinski definition) is 3. The van der Waals surface area contributed by atoms with Gasteiger partial charge in [-0.2, -0.15) is 0 Å². The molecular weight excluding hydrogens is 213 g/mol. The molecule has 0 aliphatic rings.